The Bertz CT molecular complexity index is 1050. The van der Waals surface area contributed by atoms with Crippen molar-refractivity contribution >= 4 is 44.0 Å². The zero-order valence-corrected chi connectivity index (χ0v) is 18.4. The zero-order chi connectivity index (χ0) is 20.9. The number of carbonyl (C=O) groups excluding carboxylic acids is 1. The average molecular weight is 452 g/mol. The van der Waals surface area contributed by atoms with E-state index in [1.807, 2.05) is 13.8 Å². The van der Waals surface area contributed by atoms with Gasteiger partial charge in [0.05, 0.1) is 10.1 Å². The summed E-state index contributed by atoms with van der Waals surface area (Å²) in [5.41, 5.74) is 0. The number of sulfone groups is 1. The highest BCUT2D eigenvalue weighted by Crippen LogP contribution is 2.27. The van der Waals surface area contributed by atoms with Crippen LogP contribution in [0.3, 0.4) is 0 Å². The summed E-state index contributed by atoms with van der Waals surface area (Å²) in [6.45, 7) is 4.30. The Hall–Kier alpha value is -2.24. The van der Waals surface area contributed by atoms with Crippen LogP contribution in [-0.2, 0) is 26.9 Å². The van der Waals surface area contributed by atoms with Crippen LogP contribution in [-0.4, -0.2) is 39.3 Å². The lowest BCUT2D eigenvalue weighted by Gasteiger charge is -2.14. The van der Waals surface area contributed by atoms with Crippen molar-refractivity contribution in [2.24, 2.45) is 0 Å². The van der Waals surface area contributed by atoms with Gasteiger partial charge in [-0.25, -0.2) is 13.4 Å². The molecular weight excluding hydrogens is 430 g/mol. The lowest BCUT2D eigenvalue weighted by atomic mass is 10.3. The number of rotatable bonds is 9. The molecule has 2 heterocycles. The molecule has 29 heavy (non-hydrogen) atoms. The minimum atomic E-state index is -3.54. The number of benzene rings is 1. The highest BCUT2D eigenvalue weighted by molar-refractivity contribution is 8.00. The molecule has 3 aromatic rings. The minimum Gasteiger partial charge on any atom is -0.305 e. The van der Waals surface area contributed by atoms with Crippen molar-refractivity contribution in [1.29, 1.82) is 0 Å². The first-order valence-electron chi connectivity index (χ1n) is 9.01. The molecule has 0 bridgehead atoms. The fourth-order valence-electron chi connectivity index (χ4n) is 2.63. The number of nitrogens with one attached hydrogen (secondary N) is 1. The second-order valence-electron chi connectivity index (χ2n) is 6.06. The van der Waals surface area contributed by atoms with Gasteiger partial charge in [-0.1, -0.05) is 36.9 Å². The number of nitrogens with zero attached hydrogens (tertiary/aromatic N) is 4. The molecular formula is C18H21N5O3S3. The monoisotopic (exact) mass is 451 g/mol. The van der Waals surface area contributed by atoms with Crippen LogP contribution in [0.25, 0.3) is 0 Å². The molecule has 0 aliphatic carbocycles. The summed E-state index contributed by atoms with van der Waals surface area (Å²) in [5.74, 6) is -0.0637. The molecule has 0 saturated heterocycles. The lowest BCUT2D eigenvalue weighted by molar-refractivity contribution is -0.115. The van der Waals surface area contributed by atoms with Gasteiger partial charge in [0.1, 0.15) is 11.6 Å². The van der Waals surface area contributed by atoms with Crippen LogP contribution in [0, 0.1) is 0 Å². The van der Waals surface area contributed by atoms with Crippen molar-refractivity contribution in [3.05, 3.63) is 47.7 Å². The van der Waals surface area contributed by atoms with Crippen molar-refractivity contribution in [2.75, 3.05) is 5.32 Å². The van der Waals surface area contributed by atoms with Crippen molar-refractivity contribution in [3.8, 4) is 0 Å². The minimum absolute atomic E-state index is 0.170. The summed E-state index contributed by atoms with van der Waals surface area (Å²) in [6.07, 6.45) is 2.21. The molecule has 8 nitrogen and oxygen atoms in total. The Morgan fingerprint density at radius 1 is 1.24 bits per heavy atom. The fraction of sp³-hybridized carbons (Fsp3) is 0.333. The highest BCUT2D eigenvalue weighted by Gasteiger charge is 2.25. The predicted octanol–water partition coefficient (Wildman–Crippen LogP) is 3.24. The molecule has 11 heteroatoms. The van der Waals surface area contributed by atoms with Crippen LogP contribution in [0.5, 0.6) is 0 Å². The van der Waals surface area contributed by atoms with Crippen molar-refractivity contribution in [3.63, 3.8) is 0 Å². The third kappa shape index (κ3) is 5.22. The van der Waals surface area contributed by atoms with Crippen LogP contribution in [0.2, 0.25) is 0 Å². The first kappa shape index (κ1) is 21.5. The Kier molecular flexibility index (Phi) is 7.04. The molecule has 1 amide bonds. The summed E-state index contributed by atoms with van der Waals surface area (Å²) in [4.78, 5) is 16.9. The topological polar surface area (TPSA) is 107 Å². The van der Waals surface area contributed by atoms with Crippen LogP contribution in [0.4, 0.5) is 5.13 Å². The summed E-state index contributed by atoms with van der Waals surface area (Å²) in [7, 11) is -3.54. The molecule has 1 aromatic carbocycles. The van der Waals surface area contributed by atoms with Crippen LogP contribution < -0.4 is 5.32 Å². The summed E-state index contributed by atoms with van der Waals surface area (Å²) < 4.78 is 27.1. The highest BCUT2D eigenvalue weighted by atomic mass is 32.2. The number of carbonyl (C=O) groups is 1. The Balaban J connectivity index is 1.77. The van der Waals surface area contributed by atoms with Gasteiger partial charge in [0.25, 0.3) is 0 Å². The van der Waals surface area contributed by atoms with Gasteiger partial charge in [0.15, 0.2) is 20.1 Å². The van der Waals surface area contributed by atoms with E-state index in [2.05, 4.69) is 20.5 Å². The van der Waals surface area contributed by atoms with Gasteiger partial charge < -0.3 is 9.88 Å². The van der Waals surface area contributed by atoms with E-state index >= 15 is 0 Å². The van der Waals surface area contributed by atoms with Gasteiger partial charge in [-0.2, -0.15) is 0 Å². The van der Waals surface area contributed by atoms with Crippen molar-refractivity contribution < 1.29 is 13.2 Å². The van der Waals surface area contributed by atoms with E-state index in [4.69, 9.17) is 0 Å². The first-order valence-corrected chi connectivity index (χ1v) is 12.4. The number of hydrogen-bond donors (Lipinski definition) is 1. The van der Waals surface area contributed by atoms with E-state index in [-0.39, 0.29) is 16.6 Å². The van der Waals surface area contributed by atoms with Crippen LogP contribution in [0.1, 0.15) is 26.1 Å². The molecule has 0 fully saturated rings. The van der Waals surface area contributed by atoms with Gasteiger partial charge in [0.2, 0.25) is 5.91 Å². The summed E-state index contributed by atoms with van der Waals surface area (Å²) in [5, 5.41) is 13.5. The van der Waals surface area contributed by atoms with Crippen LogP contribution >= 0.6 is 23.1 Å². The fourth-order valence-corrected chi connectivity index (χ4v) is 5.49. The van der Waals surface area contributed by atoms with E-state index < -0.39 is 15.1 Å². The van der Waals surface area contributed by atoms with Crippen molar-refractivity contribution in [1.82, 2.24) is 19.7 Å². The lowest BCUT2D eigenvalue weighted by Crippen LogP contribution is -2.25. The van der Waals surface area contributed by atoms with E-state index in [0.717, 1.165) is 0 Å². The van der Waals surface area contributed by atoms with E-state index in [1.54, 1.807) is 46.5 Å². The van der Waals surface area contributed by atoms with E-state index in [1.165, 1.54) is 23.1 Å². The third-order valence-electron chi connectivity index (χ3n) is 4.10. The maximum absolute atomic E-state index is 12.7. The molecule has 0 aliphatic heterocycles. The molecule has 1 N–H and O–H groups in total. The first-order chi connectivity index (χ1) is 13.9. The van der Waals surface area contributed by atoms with Gasteiger partial charge in [-0.15, -0.1) is 21.5 Å². The molecule has 3 rings (SSSR count). The summed E-state index contributed by atoms with van der Waals surface area (Å²) in [6, 6.07) is 8.27. The quantitative estimate of drug-likeness (QED) is 0.498. The Morgan fingerprint density at radius 3 is 2.62 bits per heavy atom. The maximum Gasteiger partial charge on any atom is 0.239 e. The second-order valence-corrected chi connectivity index (χ2v) is 10.1. The van der Waals surface area contributed by atoms with Gasteiger partial charge in [-0.3, -0.25) is 4.79 Å². The number of anilines is 1. The molecule has 1 atom stereocenters. The smallest absolute Gasteiger partial charge is 0.239 e. The molecule has 0 aliphatic rings. The molecule has 1 unspecified atom stereocenters. The number of aromatic nitrogens is 4. The van der Waals surface area contributed by atoms with Crippen LogP contribution in [0.15, 0.2) is 52.0 Å². The number of thioether (sulfide) groups is 1. The summed E-state index contributed by atoms with van der Waals surface area (Å²) >= 11 is 2.62. The standard InChI is InChI=1S/C18H21N5O3S3/c1-3-14(16(24)20-17-19-10-11-27-17)28-18-22-21-15(23(18)4-2)12-29(25,26)13-8-6-5-7-9-13/h5-11,14H,3-4,12H2,1-2H3,(H,19,20,24). The van der Waals surface area contributed by atoms with E-state index in [9.17, 15) is 13.2 Å². The maximum atomic E-state index is 12.7. The molecule has 2 aromatic heterocycles. The number of hydrogen-bond acceptors (Lipinski definition) is 8. The van der Waals surface area contributed by atoms with Gasteiger partial charge >= 0.3 is 0 Å². The van der Waals surface area contributed by atoms with Gasteiger partial charge in [0, 0.05) is 18.1 Å². The molecule has 154 valence electrons. The van der Waals surface area contributed by atoms with Gasteiger partial charge in [-0.05, 0) is 25.5 Å². The normalized spacial score (nSPS) is 12.6. The average Bonchev–Trinajstić information content (AvgIpc) is 3.36. The largest absolute Gasteiger partial charge is 0.305 e. The molecule has 0 saturated carbocycles. The Morgan fingerprint density at radius 2 is 2.00 bits per heavy atom. The molecule has 0 spiro atoms. The number of thiazole rings is 1. The Labute approximate surface area is 177 Å². The molecule has 0 radical (unpaired) electrons. The SMILES string of the molecule is CCC(Sc1nnc(CS(=O)(=O)c2ccccc2)n1CC)C(=O)Nc1nccs1. The second kappa shape index (κ2) is 9.51. The number of amides is 1. The van der Waals surface area contributed by atoms with Crippen molar-refractivity contribution in [2.45, 2.75) is 47.9 Å². The zero-order valence-electron chi connectivity index (χ0n) is 16.0. The third-order valence-corrected chi connectivity index (χ3v) is 7.77. The predicted molar refractivity (Wildman–Crippen MR) is 114 cm³/mol. The van der Waals surface area contributed by atoms with E-state index in [0.29, 0.717) is 29.1 Å².